The number of fused-ring (bicyclic) bond motifs is 1. The molecule has 1 unspecified atom stereocenters. The summed E-state index contributed by atoms with van der Waals surface area (Å²) in [4.78, 5) is 9.78. The van der Waals surface area contributed by atoms with Gasteiger partial charge in [-0.15, -0.1) is 5.10 Å². The number of hydrogen-bond acceptors (Lipinski definition) is 7. The summed E-state index contributed by atoms with van der Waals surface area (Å²) in [5, 5.41) is 24.0. The van der Waals surface area contributed by atoms with Crippen molar-refractivity contribution in [2.45, 2.75) is 49.7 Å². The SMILES string of the molecule is OCC1(c2ccc(Cl)cc2)CCN(c2cccn3nc(NC4C=N[N+](C5CCN(Cc6ccccc6)CC5)=C4)nc23)CC1. The number of hydrazone groups is 1. The summed E-state index contributed by atoms with van der Waals surface area (Å²) in [7, 11) is 0. The molecule has 10 heteroatoms. The van der Waals surface area contributed by atoms with E-state index in [-0.39, 0.29) is 18.1 Å². The van der Waals surface area contributed by atoms with Crippen LogP contribution in [0.2, 0.25) is 5.02 Å². The predicted octanol–water partition coefficient (Wildman–Crippen LogP) is 4.44. The highest BCUT2D eigenvalue weighted by Crippen LogP contribution is 2.38. The largest absolute Gasteiger partial charge is 0.395 e. The fraction of sp³-hybridized carbons (Fsp3) is 0.394. The number of halogens is 1. The van der Waals surface area contributed by atoms with E-state index in [0.717, 1.165) is 75.3 Å². The van der Waals surface area contributed by atoms with Crippen LogP contribution in [0.1, 0.15) is 36.8 Å². The summed E-state index contributed by atoms with van der Waals surface area (Å²) < 4.78 is 3.97. The third kappa shape index (κ3) is 5.89. The van der Waals surface area contributed by atoms with Crippen LogP contribution in [0.25, 0.3) is 5.65 Å². The minimum absolute atomic E-state index is 0.0530. The fourth-order valence-corrected chi connectivity index (χ4v) is 6.86. The molecule has 2 N–H and O–H groups in total. The molecule has 3 aliphatic heterocycles. The second kappa shape index (κ2) is 12.1. The first-order valence-electron chi connectivity index (χ1n) is 15.3. The molecule has 2 aromatic heterocycles. The maximum atomic E-state index is 10.4. The molecular formula is C33H38ClN8O+. The molecule has 9 nitrogen and oxygen atoms in total. The van der Waals surface area contributed by atoms with Crippen LogP contribution in [0.15, 0.2) is 78.0 Å². The average molecular weight is 598 g/mol. The van der Waals surface area contributed by atoms with Crippen LogP contribution in [0.5, 0.6) is 0 Å². The number of aliphatic hydroxyl groups excluding tert-OH is 1. The highest BCUT2D eigenvalue weighted by atomic mass is 35.5. The second-order valence-electron chi connectivity index (χ2n) is 12.0. The van der Waals surface area contributed by atoms with Gasteiger partial charge in [-0.2, -0.15) is 4.98 Å². The summed E-state index contributed by atoms with van der Waals surface area (Å²) in [6.45, 7) is 4.92. The van der Waals surface area contributed by atoms with Gasteiger partial charge in [0, 0.05) is 62.2 Å². The highest BCUT2D eigenvalue weighted by Gasteiger charge is 2.36. The zero-order valence-corrected chi connectivity index (χ0v) is 25.0. The molecule has 0 radical (unpaired) electrons. The molecule has 4 aromatic rings. The minimum Gasteiger partial charge on any atom is -0.395 e. The average Bonchev–Trinajstić information content (AvgIpc) is 3.69. The molecule has 2 saturated heterocycles. The lowest BCUT2D eigenvalue weighted by molar-refractivity contribution is -0.568. The van der Waals surface area contributed by atoms with E-state index in [1.54, 1.807) is 0 Å². The summed E-state index contributed by atoms with van der Waals surface area (Å²) >= 11 is 6.12. The fourth-order valence-electron chi connectivity index (χ4n) is 6.73. The molecule has 3 aliphatic rings. The Bertz CT molecular complexity index is 1600. The lowest BCUT2D eigenvalue weighted by Gasteiger charge is -2.42. The first kappa shape index (κ1) is 28.0. The van der Waals surface area contributed by atoms with Crippen molar-refractivity contribution < 1.29 is 9.79 Å². The van der Waals surface area contributed by atoms with Crippen molar-refractivity contribution in [2.24, 2.45) is 5.10 Å². The van der Waals surface area contributed by atoms with E-state index in [1.165, 1.54) is 5.56 Å². The van der Waals surface area contributed by atoms with Crippen LogP contribution >= 0.6 is 11.6 Å². The number of nitrogens with zero attached hydrogens (tertiary/aromatic N) is 7. The number of likely N-dealkylation sites (tertiary alicyclic amines) is 1. The van der Waals surface area contributed by atoms with Crippen molar-refractivity contribution in [3.63, 3.8) is 0 Å². The quantitative estimate of drug-likeness (QED) is 0.292. The summed E-state index contributed by atoms with van der Waals surface area (Å²) in [6, 6.07) is 23.1. The third-order valence-electron chi connectivity index (χ3n) is 9.31. The Hall–Kier alpha value is -3.79. The predicted molar refractivity (Wildman–Crippen MR) is 172 cm³/mol. The number of pyridine rings is 1. The van der Waals surface area contributed by atoms with E-state index in [0.29, 0.717) is 17.0 Å². The van der Waals surface area contributed by atoms with Crippen molar-refractivity contribution >= 4 is 41.3 Å². The number of rotatable bonds is 8. The Labute approximate surface area is 257 Å². The van der Waals surface area contributed by atoms with Crippen LogP contribution in [-0.4, -0.2) is 86.6 Å². The number of piperidine rings is 2. The zero-order chi connectivity index (χ0) is 29.2. The first-order valence-corrected chi connectivity index (χ1v) is 15.6. The Balaban J connectivity index is 0.983. The summed E-state index contributed by atoms with van der Waals surface area (Å²) in [5.74, 6) is 0.586. The highest BCUT2D eigenvalue weighted by molar-refractivity contribution is 6.30. The van der Waals surface area contributed by atoms with E-state index < -0.39 is 0 Å². The number of benzene rings is 2. The van der Waals surface area contributed by atoms with Gasteiger partial charge in [-0.1, -0.05) is 58.8 Å². The molecule has 2 aromatic carbocycles. The van der Waals surface area contributed by atoms with Gasteiger partial charge in [0.1, 0.15) is 6.21 Å². The van der Waals surface area contributed by atoms with Gasteiger partial charge in [-0.3, -0.25) is 4.90 Å². The van der Waals surface area contributed by atoms with E-state index in [4.69, 9.17) is 26.8 Å². The smallest absolute Gasteiger partial charge is 0.244 e. The molecule has 5 heterocycles. The van der Waals surface area contributed by atoms with Crippen LogP contribution in [0.3, 0.4) is 0 Å². The van der Waals surface area contributed by atoms with Gasteiger partial charge in [-0.05, 0) is 53.3 Å². The van der Waals surface area contributed by atoms with Gasteiger partial charge >= 0.3 is 0 Å². The molecule has 43 heavy (non-hydrogen) atoms. The van der Waals surface area contributed by atoms with Crippen molar-refractivity contribution in [1.29, 1.82) is 0 Å². The Kier molecular flexibility index (Phi) is 7.86. The van der Waals surface area contributed by atoms with E-state index in [1.807, 2.05) is 47.3 Å². The molecule has 0 saturated carbocycles. The Morgan fingerprint density at radius 1 is 0.953 bits per heavy atom. The molecule has 0 amide bonds. The van der Waals surface area contributed by atoms with Gasteiger partial charge in [0.05, 0.1) is 12.3 Å². The third-order valence-corrected chi connectivity index (χ3v) is 9.56. The first-order chi connectivity index (χ1) is 21.1. The van der Waals surface area contributed by atoms with Crippen LogP contribution in [0, 0.1) is 0 Å². The lowest BCUT2D eigenvalue weighted by Crippen LogP contribution is -2.45. The zero-order valence-electron chi connectivity index (χ0n) is 24.3. The van der Waals surface area contributed by atoms with Gasteiger partial charge in [0.25, 0.3) is 0 Å². The van der Waals surface area contributed by atoms with Gasteiger partial charge in [0.2, 0.25) is 12.2 Å². The molecule has 2 fully saturated rings. The second-order valence-corrected chi connectivity index (χ2v) is 12.4. The lowest BCUT2D eigenvalue weighted by atomic mass is 9.73. The van der Waals surface area contributed by atoms with Crippen LogP contribution in [0.4, 0.5) is 11.6 Å². The number of aromatic nitrogens is 3. The number of hydrogen-bond donors (Lipinski definition) is 2. The maximum absolute atomic E-state index is 10.4. The van der Waals surface area contributed by atoms with E-state index in [2.05, 4.69) is 62.4 Å². The van der Waals surface area contributed by atoms with Gasteiger partial charge < -0.3 is 15.3 Å². The number of aliphatic hydroxyl groups is 1. The molecule has 1 atom stereocenters. The van der Waals surface area contributed by atoms with E-state index >= 15 is 0 Å². The molecule has 0 aliphatic carbocycles. The minimum atomic E-state index is -0.255. The maximum Gasteiger partial charge on any atom is 0.244 e. The van der Waals surface area contributed by atoms with Crippen LogP contribution < -0.4 is 10.2 Å². The summed E-state index contributed by atoms with van der Waals surface area (Å²) in [6.07, 6.45) is 9.91. The normalized spacial score (nSPS) is 20.9. The monoisotopic (exact) mass is 597 g/mol. The topological polar surface area (TPSA) is 84.3 Å². The number of anilines is 2. The van der Waals surface area contributed by atoms with Crippen molar-refractivity contribution in [2.75, 3.05) is 43.0 Å². The van der Waals surface area contributed by atoms with Gasteiger partial charge in [0.15, 0.2) is 17.7 Å². The molecule has 0 spiro atoms. The van der Waals surface area contributed by atoms with E-state index in [9.17, 15) is 5.11 Å². The van der Waals surface area contributed by atoms with Gasteiger partial charge in [-0.25, -0.2) is 4.52 Å². The Morgan fingerprint density at radius 3 is 2.47 bits per heavy atom. The number of nitrogens with one attached hydrogen (secondary N) is 1. The van der Waals surface area contributed by atoms with Crippen molar-refractivity contribution in [3.05, 3.63) is 89.1 Å². The molecule has 222 valence electrons. The van der Waals surface area contributed by atoms with Crippen molar-refractivity contribution in [1.82, 2.24) is 19.5 Å². The molecule has 7 rings (SSSR count). The molecular weight excluding hydrogens is 560 g/mol. The summed E-state index contributed by atoms with van der Waals surface area (Å²) in [5.41, 5.74) is 4.14. The van der Waals surface area contributed by atoms with Crippen molar-refractivity contribution in [3.8, 4) is 0 Å². The Morgan fingerprint density at radius 2 is 1.72 bits per heavy atom. The molecule has 0 bridgehead atoms. The standard InChI is InChI=1S/C33H38ClN8O/c34-27-10-8-26(9-11-27)33(24-43)14-19-40(20-15-33)30-7-4-16-41-31(30)37-32(38-41)36-28-21-35-42(23-28)29-12-17-39(18-13-29)22-25-5-2-1-3-6-25/h1-11,16,21,23,28-29,43H,12-15,17-20,22,24H2,(H,36,38)/q+1. The van der Waals surface area contributed by atoms with Crippen LogP contribution in [-0.2, 0) is 12.0 Å².